The first kappa shape index (κ1) is 15.2. The van der Waals surface area contributed by atoms with Crippen molar-refractivity contribution in [3.05, 3.63) is 0 Å². The zero-order chi connectivity index (χ0) is 14.6. The predicted octanol–water partition coefficient (Wildman–Crippen LogP) is 0.624. The summed E-state index contributed by atoms with van der Waals surface area (Å²) in [6, 6.07) is 0. The Balaban J connectivity index is 2.12. The van der Waals surface area contributed by atoms with Crippen LogP contribution in [-0.4, -0.2) is 51.1 Å². The van der Waals surface area contributed by atoms with Crippen molar-refractivity contribution in [2.24, 2.45) is 13.0 Å². The van der Waals surface area contributed by atoms with Crippen LogP contribution in [0.1, 0.15) is 26.2 Å². The Morgan fingerprint density at radius 1 is 1.60 bits per heavy atom. The van der Waals surface area contributed by atoms with Gasteiger partial charge in [0.05, 0.1) is 7.11 Å². The second-order valence-corrected chi connectivity index (χ2v) is 5.98. The Labute approximate surface area is 122 Å². The van der Waals surface area contributed by atoms with E-state index in [4.69, 9.17) is 4.74 Å². The molecule has 1 unspecified atom stereocenters. The molecule has 1 saturated carbocycles. The maximum Gasteiger partial charge on any atom is 0.327 e. The number of rotatable bonds is 8. The highest BCUT2D eigenvalue weighted by molar-refractivity contribution is 7.99. The van der Waals surface area contributed by atoms with E-state index in [1.807, 2.05) is 0 Å². The Bertz CT molecular complexity index is 462. The molecule has 0 saturated heterocycles. The third-order valence-corrected chi connectivity index (χ3v) is 4.73. The lowest BCUT2D eigenvalue weighted by Gasteiger charge is -2.31. The number of tetrazole rings is 1. The van der Waals surface area contributed by atoms with Gasteiger partial charge in [0.15, 0.2) is 0 Å². The van der Waals surface area contributed by atoms with Gasteiger partial charge >= 0.3 is 5.97 Å². The molecule has 1 fully saturated rings. The van der Waals surface area contributed by atoms with E-state index in [-0.39, 0.29) is 5.97 Å². The second-order valence-electron chi connectivity index (χ2n) is 5.04. The number of ether oxygens (including phenoxy) is 1. The molecular weight excluding hydrogens is 278 g/mol. The molecule has 0 aliphatic heterocycles. The number of esters is 1. The van der Waals surface area contributed by atoms with Crippen LogP contribution in [0.2, 0.25) is 0 Å². The lowest BCUT2D eigenvalue weighted by molar-refractivity contribution is -0.148. The SMILES string of the molecule is CCCNC(CSc1nnnn1C)(C(=O)OC)C1CC1. The van der Waals surface area contributed by atoms with Gasteiger partial charge in [-0.25, -0.2) is 4.68 Å². The number of hydrogen-bond acceptors (Lipinski definition) is 7. The summed E-state index contributed by atoms with van der Waals surface area (Å²) in [5.74, 6) is 0.740. The molecule has 1 heterocycles. The molecule has 20 heavy (non-hydrogen) atoms. The highest BCUT2D eigenvalue weighted by Gasteiger charge is 2.51. The topological polar surface area (TPSA) is 81.9 Å². The Morgan fingerprint density at radius 3 is 2.85 bits per heavy atom. The smallest absolute Gasteiger partial charge is 0.327 e. The quantitative estimate of drug-likeness (QED) is 0.556. The average molecular weight is 299 g/mol. The molecule has 0 aromatic carbocycles. The van der Waals surface area contributed by atoms with Gasteiger partial charge in [-0.15, -0.1) is 5.10 Å². The van der Waals surface area contributed by atoms with Gasteiger partial charge in [-0.1, -0.05) is 18.7 Å². The van der Waals surface area contributed by atoms with Gasteiger partial charge in [0.25, 0.3) is 0 Å². The fourth-order valence-electron chi connectivity index (χ4n) is 2.24. The fourth-order valence-corrected chi connectivity index (χ4v) is 3.37. The van der Waals surface area contributed by atoms with E-state index in [1.165, 1.54) is 18.9 Å². The van der Waals surface area contributed by atoms with Gasteiger partial charge < -0.3 is 10.1 Å². The van der Waals surface area contributed by atoms with Gasteiger partial charge in [0, 0.05) is 12.8 Å². The predicted molar refractivity (Wildman–Crippen MR) is 75.3 cm³/mol. The number of carbonyl (C=O) groups is 1. The molecule has 112 valence electrons. The van der Waals surface area contributed by atoms with Gasteiger partial charge in [0.1, 0.15) is 5.54 Å². The molecule has 0 amide bonds. The molecule has 8 heteroatoms. The van der Waals surface area contributed by atoms with Crippen LogP contribution in [0.15, 0.2) is 5.16 Å². The second kappa shape index (κ2) is 6.53. The third kappa shape index (κ3) is 3.12. The summed E-state index contributed by atoms with van der Waals surface area (Å²) in [7, 11) is 3.24. The third-order valence-electron chi connectivity index (χ3n) is 3.52. The van der Waals surface area contributed by atoms with E-state index in [1.54, 1.807) is 11.7 Å². The van der Waals surface area contributed by atoms with Crippen LogP contribution in [0.25, 0.3) is 0 Å². The van der Waals surface area contributed by atoms with Crippen LogP contribution in [-0.2, 0) is 16.6 Å². The van der Waals surface area contributed by atoms with E-state index >= 15 is 0 Å². The first-order valence-electron chi connectivity index (χ1n) is 6.82. The summed E-state index contributed by atoms with van der Waals surface area (Å²) < 4.78 is 6.65. The molecule has 1 atom stereocenters. The van der Waals surface area contributed by atoms with Crippen molar-refractivity contribution in [2.45, 2.75) is 36.9 Å². The maximum atomic E-state index is 12.3. The molecule has 1 N–H and O–H groups in total. The lowest BCUT2D eigenvalue weighted by atomic mass is 9.95. The average Bonchev–Trinajstić information content (AvgIpc) is 3.23. The van der Waals surface area contributed by atoms with Crippen LogP contribution >= 0.6 is 11.8 Å². The standard InChI is InChI=1S/C12H21N5O2S/c1-4-7-13-12(9-5-6-9,10(18)19-3)8-20-11-14-15-16-17(11)2/h9,13H,4-8H2,1-3H3. The molecule has 7 nitrogen and oxygen atoms in total. The summed E-state index contributed by atoms with van der Waals surface area (Å²) in [5, 5.41) is 15.5. The number of hydrogen-bond donors (Lipinski definition) is 1. The Morgan fingerprint density at radius 2 is 2.35 bits per heavy atom. The molecule has 1 aromatic rings. The van der Waals surface area contributed by atoms with E-state index in [0.717, 1.165) is 25.8 Å². The van der Waals surface area contributed by atoms with Crippen molar-refractivity contribution >= 4 is 17.7 Å². The van der Waals surface area contributed by atoms with Crippen LogP contribution in [0.4, 0.5) is 0 Å². The van der Waals surface area contributed by atoms with Gasteiger partial charge in [-0.3, -0.25) is 4.79 Å². The van der Waals surface area contributed by atoms with Crippen molar-refractivity contribution in [1.82, 2.24) is 25.5 Å². The summed E-state index contributed by atoms with van der Waals surface area (Å²) in [6.07, 6.45) is 3.09. The number of methoxy groups -OCH3 is 1. The van der Waals surface area contributed by atoms with Crippen LogP contribution in [0.3, 0.4) is 0 Å². The monoisotopic (exact) mass is 299 g/mol. The number of nitrogens with one attached hydrogen (secondary N) is 1. The molecular formula is C12H21N5O2S. The van der Waals surface area contributed by atoms with Crippen molar-refractivity contribution in [1.29, 1.82) is 0 Å². The Kier molecular flexibility index (Phi) is 4.98. The van der Waals surface area contributed by atoms with Crippen molar-refractivity contribution < 1.29 is 9.53 Å². The van der Waals surface area contributed by atoms with Gasteiger partial charge in [-0.05, 0) is 42.2 Å². The summed E-state index contributed by atoms with van der Waals surface area (Å²) in [4.78, 5) is 12.3. The number of aromatic nitrogens is 4. The normalized spacial score (nSPS) is 17.8. The van der Waals surface area contributed by atoms with Crippen LogP contribution < -0.4 is 5.32 Å². The molecule has 1 aliphatic rings. The van der Waals surface area contributed by atoms with Crippen molar-refractivity contribution in [2.75, 3.05) is 19.4 Å². The van der Waals surface area contributed by atoms with Crippen LogP contribution in [0.5, 0.6) is 0 Å². The zero-order valence-corrected chi connectivity index (χ0v) is 12.9. The van der Waals surface area contributed by atoms with Gasteiger partial charge in [-0.2, -0.15) is 0 Å². The number of thioether (sulfide) groups is 1. The minimum absolute atomic E-state index is 0.184. The summed E-state index contributed by atoms with van der Waals surface area (Å²) in [5.41, 5.74) is -0.624. The molecule has 1 aliphatic carbocycles. The highest BCUT2D eigenvalue weighted by Crippen LogP contribution is 2.42. The maximum absolute atomic E-state index is 12.3. The number of carbonyl (C=O) groups excluding carboxylic acids is 1. The minimum Gasteiger partial charge on any atom is -0.468 e. The van der Waals surface area contributed by atoms with E-state index < -0.39 is 5.54 Å². The first-order chi connectivity index (χ1) is 9.64. The van der Waals surface area contributed by atoms with E-state index in [0.29, 0.717) is 16.8 Å². The first-order valence-corrected chi connectivity index (χ1v) is 7.81. The largest absolute Gasteiger partial charge is 0.468 e. The molecule has 1 aromatic heterocycles. The molecule has 0 spiro atoms. The number of aryl methyl sites for hydroxylation is 1. The minimum atomic E-state index is -0.624. The molecule has 0 bridgehead atoms. The zero-order valence-electron chi connectivity index (χ0n) is 12.1. The van der Waals surface area contributed by atoms with Crippen molar-refractivity contribution in [3.8, 4) is 0 Å². The lowest BCUT2D eigenvalue weighted by Crippen LogP contribution is -2.57. The summed E-state index contributed by atoms with van der Waals surface area (Å²) in [6.45, 7) is 2.88. The highest BCUT2D eigenvalue weighted by atomic mass is 32.2. The van der Waals surface area contributed by atoms with Crippen molar-refractivity contribution in [3.63, 3.8) is 0 Å². The molecule has 2 rings (SSSR count). The van der Waals surface area contributed by atoms with E-state index in [9.17, 15) is 4.79 Å². The van der Waals surface area contributed by atoms with Crippen LogP contribution in [0, 0.1) is 5.92 Å². The fraction of sp³-hybridized carbons (Fsp3) is 0.833. The number of nitrogens with zero attached hydrogens (tertiary/aromatic N) is 4. The summed E-state index contributed by atoms with van der Waals surface area (Å²) >= 11 is 1.49. The molecule has 0 radical (unpaired) electrons. The van der Waals surface area contributed by atoms with Gasteiger partial charge in [0.2, 0.25) is 5.16 Å². The van der Waals surface area contributed by atoms with E-state index in [2.05, 4.69) is 27.8 Å². The Hall–Kier alpha value is -1.15.